The van der Waals surface area contributed by atoms with E-state index in [-0.39, 0.29) is 6.54 Å². The smallest absolute Gasteiger partial charge is 0.143 e. The first-order valence-electron chi connectivity index (χ1n) is 2.67. The Morgan fingerprint density at radius 3 is 2.33 bits per heavy atom. The Morgan fingerprint density at radius 1 is 1.78 bits per heavy atom. The summed E-state index contributed by atoms with van der Waals surface area (Å²) in [7, 11) is 0. The van der Waals surface area contributed by atoms with Gasteiger partial charge in [0.25, 0.3) is 0 Å². The van der Waals surface area contributed by atoms with Crippen molar-refractivity contribution >= 4 is 0 Å². The Bertz CT molecular complexity index is 87.0. The molecule has 0 saturated carbocycles. The molecule has 0 rings (SSSR count). The number of alkyl halides is 2. The maximum Gasteiger partial charge on any atom is 0.143 e. The lowest BCUT2D eigenvalue weighted by Crippen LogP contribution is -2.42. The number of rotatable bonds is 3. The normalized spacial score (nSPS) is 21.0. The van der Waals surface area contributed by atoms with Crippen molar-refractivity contribution in [3.8, 4) is 0 Å². The van der Waals surface area contributed by atoms with E-state index in [9.17, 15) is 8.78 Å². The maximum absolute atomic E-state index is 12.3. The fourth-order valence-corrected chi connectivity index (χ4v) is 0.338. The molecule has 0 spiro atoms. The molecule has 0 aliphatic carbocycles. The molecule has 2 atom stereocenters. The fourth-order valence-electron chi connectivity index (χ4n) is 0.338. The van der Waals surface area contributed by atoms with E-state index < -0.39 is 18.4 Å². The summed E-state index contributed by atoms with van der Waals surface area (Å²) < 4.78 is 24.0. The van der Waals surface area contributed by atoms with E-state index in [2.05, 4.69) is 0 Å². The molecule has 9 heavy (non-hydrogen) atoms. The molecule has 0 aromatic heterocycles. The summed E-state index contributed by atoms with van der Waals surface area (Å²) in [6.07, 6.45) is -1.68. The van der Waals surface area contributed by atoms with Gasteiger partial charge in [-0.25, -0.2) is 8.78 Å². The molecule has 56 valence electrons. The molecule has 0 aromatic rings. The van der Waals surface area contributed by atoms with Gasteiger partial charge in [0.1, 0.15) is 18.4 Å². The quantitative estimate of drug-likeness (QED) is 0.578. The molecule has 0 radical (unpaired) electrons. The van der Waals surface area contributed by atoms with Crippen LogP contribution in [0.5, 0.6) is 0 Å². The highest BCUT2D eigenvalue weighted by Crippen LogP contribution is 2.12. The lowest BCUT2D eigenvalue weighted by atomic mass is 10.0. The first-order chi connectivity index (χ1) is 4.04. The molecule has 2 nitrogen and oxygen atoms in total. The van der Waals surface area contributed by atoms with Crippen LogP contribution in [-0.2, 0) is 0 Å². The summed E-state index contributed by atoms with van der Waals surface area (Å²) in [5, 5.41) is 8.76. The zero-order valence-electron chi connectivity index (χ0n) is 5.27. The van der Waals surface area contributed by atoms with Crippen molar-refractivity contribution in [3.05, 3.63) is 0 Å². The molecular weight excluding hydrogens is 128 g/mol. The zero-order chi connectivity index (χ0) is 7.49. The van der Waals surface area contributed by atoms with E-state index in [1.165, 1.54) is 0 Å². The minimum Gasteiger partial charge on any atom is -0.384 e. The van der Waals surface area contributed by atoms with E-state index >= 15 is 0 Å². The number of aliphatic hydroxyl groups is 1. The van der Waals surface area contributed by atoms with Gasteiger partial charge in [-0.1, -0.05) is 0 Å². The summed E-state index contributed by atoms with van der Waals surface area (Å²) in [6, 6.07) is 0. The van der Waals surface area contributed by atoms with Gasteiger partial charge in [0.15, 0.2) is 0 Å². The topological polar surface area (TPSA) is 46.2 Å². The maximum atomic E-state index is 12.3. The minimum absolute atomic E-state index is 0.350. The van der Waals surface area contributed by atoms with Gasteiger partial charge in [0.2, 0.25) is 0 Å². The number of halogens is 2. The van der Waals surface area contributed by atoms with Crippen LogP contribution in [0.15, 0.2) is 0 Å². The van der Waals surface area contributed by atoms with Gasteiger partial charge in [0, 0.05) is 6.54 Å². The second-order valence-electron chi connectivity index (χ2n) is 2.19. The molecule has 0 amide bonds. The average Bonchev–Trinajstić information content (AvgIpc) is 1.86. The largest absolute Gasteiger partial charge is 0.384 e. The molecule has 4 heteroatoms. The second kappa shape index (κ2) is 3.08. The number of hydrogen-bond acceptors (Lipinski definition) is 2. The van der Waals surface area contributed by atoms with Crippen molar-refractivity contribution < 1.29 is 13.9 Å². The van der Waals surface area contributed by atoms with Crippen molar-refractivity contribution in [1.82, 2.24) is 0 Å². The molecule has 0 aliphatic heterocycles. The monoisotopic (exact) mass is 139 g/mol. The van der Waals surface area contributed by atoms with E-state index in [4.69, 9.17) is 10.8 Å². The van der Waals surface area contributed by atoms with Gasteiger partial charge in [-0.2, -0.15) is 0 Å². The highest BCUT2D eigenvalue weighted by molar-refractivity contribution is 4.81. The summed E-state index contributed by atoms with van der Waals surface area (Å²) in [5.74, 6) is 0. The van der Waals surface area contributed by atoms with Gasteiger partial charge in [-0.3, -0.25) is 0 Å². The predicted octanol–water partition coefficient (Wildman–Crippen LogP) is 0.00370. The van der Waals surface area contributed by atoms with Gasteiger partial charge >= 0.3 is 0 Å². The van der Waals surface area contributed by atoms with Gasteiger partial charge < -0.3 is 10.8 Å². The average molecular weight is 139 g/mol. The highest BCUT2D eigenvalue weighted by Gasteiger charge is 2.30. The first kappa shape index (κ1) is 8.78. The minimum atomic E-state index is -1.91. The molecule has 0 bridgehead atoms. The van der Waals surface area contributed by atoms with Crippen LogP contribution in [0.1, 0.15) is 6.92 Å². The van der Waals surface area contributed by atoms with Crippen molar-refractivity contribution in [2.45, 2.75) is 18.7 Å². The summed E-state index contributed by atoms with van der Waals surface area (Å²) >= 11 is 0. The van der Waals surface area contributed by atoms with Crippen LogP contribution in [-0.4, -0.2) is 30.1 Å². The van der Waals surface area contributed by atoms with E-state index in [1.54, 1.807) is 0 Å². The van der Waals surface area contributed by atoms with Crippen molar-refractivity contribution in [2.24, 2.45) is 5.73 Å². The zero-order valence-corrected chi connectivity index (χ0v) is 5.27. The van der Waals surface area contributed by atoms with Crippen LogP contribution in [0.3, 0.4) is 0 Å². The summed E-state index contributed by atoms with van der Waals surface area (Å²) in [4.78, 5) is 0. The molecular formula is C5H11F2NO. The van der Waals surface area contributed by atoms with Crippen molar-refractivity contribution in [1.29, 1.82) is 0 Å². The Morgan fingerprint density at radius 2 is 2.22 bits per heavy atom. The molecule has 3 N–H and O–H groups in total. The van der Waals surface area contributed by atoms with Gasteiger partial charge in [0.05, 0.1) is 0 Å². The standard InChI is InChI=1S/C5H11F2NO/c1-5(9,3-6)4(7)2-8/h4,9H,2-3,8H2,1H3/t4-,5-/m1/s1. The van der Waals surface area contributed by atoms with E-state index in [0.29, 0.717) is 0 Å². The molecule has 0 fully saturated rings. The Labute approximate surface area is 52.7 Å². The molecule has 0 aromatic carbocycles. The lowest BCUT2D eigenvalue weighted by molar-refractivity contribution is -0.0334. The summed E-state index contributed by atoms with van der Waals surface area (Å²) in [5.41, 5.74) is 2.92. The third-order valence-corrected chi connectivity index (χ3v) is 1.15. The Balaban J connectivity index is 3.80. The van der Waals surface area contributed by atoms with Crippen LogP contribution in [0.2, 0.25) is 0 Å². The first-order valence-corrected chi connectivity index (χ1v) is 2.67. The van der Waals surface area contributed by atoms with Crippen LogP contribution >= 0.6 is 0 Å². The molecule has 0 saturated heterocycles. The second-order valence-corrected chi connectivity index (χ2v) is 2.19. The van der Waals surface area contributed by atoms with E-state index in [1.807, 2.05) is 0 Å². The molecule has 0 unspecified atom stereocenters. The van der Waals surface area contributed by atoms with Crippen LogP contribution in [0.4, 0.5) is 8.78 Å². The van der Waals surface area contributed by atoms with Crippen molar-refractivity contribution in [3.63, 3.8) is 0 Å². The third kappa shape index (κ3) is 2.24. The Hall–Kier alpha value is -0.220. The van der Waals surface area contributed by atoms with Crippen molar-refractivity contribution in [2.75, 3.05) is 13.2 Å². The summed E-state index contributed by atoms with van der Waals surface area (Å²) in [6.45, 7) is -0.382. The fraction of sp³-hybridized carbons (Fsp3) is 1.00. The van der Waals surface area contributed by atoms with Crippen LogP contribution < -0.4 is 5.73 Å². The van der Waals surface area contributed by atoms with Gasteiger partial charge in [-0.15, -0.1) is 0 Å². The SMILES string of the molecule is C[C@@](O)(CF)[C@H](F)CN. The highest BCUT2D eigenvalue weighted by atomic mass is 19.1. The molecule has 0 heterocycles. The van der Waals surface area contributed by atoms with Crippen LogP contribution in [0.25, 0.3) is 0 Å². The van der Waals surface area contributed by atoms with Crippen LogP contribution in [0, 0.1) is 0 Å². The predicted molar refractivity (Wildman–Crippen MR) is 30.5 cm³/mol. The van der Waals surface area contributed by atoms with E-state index in [0.717, 1.165) is 6.92 Å². The molecule has 0 aliphatic rings. The Kier molecular flexibility index (Phi) is 3.00. The van der Waals surface area contributed by atoms with Gasteiger partial charge in [-0.05, 0) is 6.92 Å². The third-order valence-electron chi connectivity index (χ3n) is 1.15. The number of hydrogen-bond donors (Lipinski definition) is 2. The lowest BCUT2D eigenvalue weighted by Gasteiger charge is -2.21. The number of nitrogens with two attached hydrogens (primary N) is 1.